The second kappa shape index (κ2) is 10.5. The Kier molecular flexibility index (Phi) is 7.48. The van der Waals surface area contributed by atoms with E-state index in [9.17, 15) is 14.4 Å². The lowest BCUT2D eigenvalue weighted by Crippen LogP contribution is -2.26. The average molecular weight is 475 g/mol. The Balaban J connectivity index is 1.45. The summed E-state index contributed by atoms with van der Waals surface area (Å²) in [7, 11) is 0. The minimum absolute atomic E-state index is 0.105. The maximum Gasteiger partial charge on any atom is 0.309 e. The number of amides is 2. The maximum absolute atomic E-state index is 13.1. The Morgan fingerprint density at radius 1 is 0.969 bits per heavy atom. The smallest absolute Gasteiger partial charge is 0.309 e. The van der Waals surface area contributed by atoms with E-state index in [-0.39, 0.29) is 24.4 Å². The molecule has 1 fully saturated rings. The molecule has 1 aromatic heterocycles. The zero-order valence-corrected chi connectivity index (χ0v) is 19.4. The van der Waals surface area contributed by atoms with E-state index >= 15 is 0 Å². The quantitative estimate of drug-likeness (QED) is 0.534. The van der Waals surface area contributed by atoms with Crippen molar-refractivity contribution in [1.29, 1.82) is 0 Å². The molecule has 0 bridgehead atoms. The van der Waals surface area contributed by atoms with E-state index < -0.39 is 5.91 Å². The van der Waals surface area contributed by atoms with Crippen LogP contribution in [0.3, 0.4) is 0 Å². The highest BCUT2D eigenvalue weighted by Crippen LogP contribution is 2.38. The third-order valence-corrected chi connectivity index (χ3v) is 7.50. The van der Waals surface area contributed by atoms with Crippen LogP contribution < -0.4 is 10.6 Å². The van der Waals surface area contributed by atoms with Gasteiger partial charge >= 0.3 is 5.97 Å². The number of fused-ring (bicyclic) bond motifs is 1. The van der Waals surface area contributed by atoms with E-state index in [0.29, 0.717) is 21.3 Å². The van der Waals surface area contributed by atoms with Crippen LogP contribution in [0.1, 0.15) is 65.7 Å². The summed E-state index contributed by atoms with van der Waals surface area (Å²) in [6, 6.07) is 6.90. The highest BCUT2D eigenvalue weighted by atomic mass is 35.5. The van der Waals surface area contributed by atoms with Crippen LogP contribution in [0, 0.1) is 5.92 Å². The lowest BCUT2D eigenvalue weighted by molar-refractivity contribution is -0.152. The predicted octanol–water partition coefficient (Wildman–Crippen LogP) is 5.59. The summed E-state index contributed by atoms with van der Waals surface area (Å²) in [4.78, 5) is 39.1. The fraction of sp³-hybridized carbons (Fsp3) is 0.458. The lowest BCUT2D eigenvalue weighted by atomic mass is 9.89. The van der Waals surface area contributed by atoms with E-state index in [1.807, 2.05) is 0 Å². The van der Waals surface area contributed by atoms with Gasteiger partial charge in [0.2, 0.25) is 0 Å². The molecule has 0 aliphatic heterocycles. The number of carbonyl (C=O) groups is 3. The Labute approximate surface area is 196 Å². The molecule has 0 unspecified atom stereocenters. The van der Waals surface area contributed by atoms with Gasteiger partial charge in [-0.1, -0.05) is 30.9 Å². The molecule has 0 atom stereocenters. The summed E-state index contributed by atoms with van der Waals surface area (Å²) in [6.07, 6.45) is 8.64. The first-order valence-corrected chi connectivity index (χ1v) is 12.4. The van der Waals surface area contributed by atoms with Gasteiger partial charge in [-0.05, 0) is 68.4 Å². The number of benzene rings is 1. The molecule has 2 amide bonds. The third-order valence-electron chi connectivity index (χ3n) is 6.04. The molecule has 170 valence electrons. The van der Waals surface area contributed by atoms with Gasteiger partial charge < -0.3 is 15.4 Å². The molecule has 2 aliphatic carbocycles. The number of aryl methyl sites for hydroxylation is 1. The Morgan fingerprint density at radius 2 is 1.69 bits per heavy atom. The summed E-state index contributed by atoms with van der Waals surface area (Å²) in [5.41, 5.74) is 2.14. The van der Waals surface area contributed by atoms with Crippen molar-refractivity contribution >= 4 is 51.4 Å². The average Bonchev–Trinajstić information content (AvgIpc) is 3.17. The molecular weight excluding hydrogens is 448 g/mol. The summed E-state index contributed by atoms with van der Waals surface area (Å²) in [5, 5.41) is 6.83. The summed E-state index contributed by atoms with van der Waals surface area (Å²) < 4.78 is 5.27. The first-order chi connectivity index (χ1) is 15.5. The molecule has 2 N–H and O–H groups in total. The molecule has 8 heteroatoms. The maximum atomic E-state index is 13.1. The monoisotopic (exact) mass is 474 g/mol. The fourth-order valence-electron chi connectivity index (χ4n) is 4.38. The standard InChI is InChI=1S/C24H27ClN2O4S/c25-16-10-12-17(13-11-16)26-22(29)21-18-8-4-5-9-19(18)32-23(21)27-20(28)14-31-24(30)15-6-2-1-3-7-15/h10-13,15H,1-9,14H2,(H,26,29)(H,27,28). The number of hydrogen-bond acceptors (Lipinski definition) is 5. The van der Waals surface area contributed by atoms with Crippen molar-refractivity contribution in [2.75, 3.05) is 17.2 Å². The van der Waals surface area contributed by atoms with Gasteiger partial charge in [-0.15, -0.1) is 11.3 Å². The Bertz CT molecular complexity index is 996. The molecule has 32 heavy (non-hydrogen) atoms. The second-order valence-electron chi connectivity index (χ2n) is 8.37. The topological polar surface area (TPSA) is 84.5 Å². The van der Waals surface area contributed by atoms with Gasteiger partial charge in [-0.25, -0.2) is 0 Å². The Morgan fingerprint density at radius 3 is 2.44 bits per heavy atom. The molecule has 4 rings (SSSR count). The van der Waals surface area contributed by atoms with Crippen LogP contribution in [0.15, 0.2) is 24.3 Å². The first kappa shape index (κ1) is 22.8. The van der Waals surface area contributed by atoms with Gasteiger partial charge in [0.25, 0.3) is 11.8 Å². The van der Waals surface area contributed by atoms with Crippen molar-refractivity contribution in [3.8, 4) is 0 Å². The Hall–Kier alpha value is -2.38. The summed E-state index contributed by atoms with van der Waals surface area (Å²) in [5.74, 6) is -1.09. The van der Waals surface area contributed by atoms with Crippen molar-refractivity contribution in [3.05, 3.63) is 45.3 Å². The van der Waals surface area contributed by atoms with E-state index in [2.05, 4.69) is 10.6 Å². The van der Waals surface area contributed by atoms with E-state index in [0.717, 1.165) is 68.2 Å². The number of thiophene rings is 1. The van der Waals surface area contributed by atoms with Crippen LogP contribution in [-0.2, 0) is 27.2 Å². The number of rotatable bonds is 6. The summed E-state index contributed by atoms with van der Waals surface area (Å²) in [6.45, 7) is -0.337. The van der Waals surface area contributed by atoms with Crippen LogP contribution in [0.2, 0.25) is 5.02 Å². The number of halogens is 1. The molecule has 2 aromatic rings. The molecule has 2 aliphatic rings. The van der Waals surface area contributed by atoms with Crippen molar-refractivity contribution < 1.29 is 19.1 Å². The van der Waals surface area contributed by atoms with Crippen LogP contribution in [-0.4, -0.2) is 24.4 Å². The normalized spacial score (nSPS) is 16.2. The van der Waals surface area contributed by atoms with Gasteiger partial charge in [0.05, 0.1) is 11.5 Å². The van der Waals surface area contributed by atoms with Gasteiger partial charge in [0.15, 0.2) is 6.61 Å². The highest BCUT2D eigenvalue weighted by molar-refractivity contribution is 7.17. The second-order valence-corrected chi connectivity index (χ2v) is 9.91. The number of nitrogens with one attached hydrogen (secondary N) is 2. The number of hydrogen-bond donors (Lipinski definition) is 2. The fourth-order valence-corrected chi connectivity index (χ4v) is 5.81. The minimum Gasteiger partial charge on any atom is -0.455 e. The largest absolute Gasteiger partial charge is 0.455 e. The number of ether oxygens (including phenoxy) is 1. The molecule has 0 spiro atoms. The van der Waals surface area contributed by atoms with Gasteiger partial charge in [-0.2, -0.15) is 0 Å². The van der Waals surface area contributed by atoms with Crippen molar-refractivity contribution in [2.24, 2.45) is 5.92 Å². The van der Waals surface area contributed by atoms with Gasteiger partial charge in [0, 0.05) is 15.6 Å². The summed E-state index contributed by atoms with van der Waals surface area (Å²) >= 11 is 7.37. The zero-order chi connectivity index (χ0) is 22.5. The van der Waals surface area contributed by atoms with E-state index in [1.54, 1.807) is 24.3 Å². The van der Waals surface area contributed by atoms with Gasteiger partial charge in [0.1, 0.15) is 5.00 Å². The highest BCUT2D eigenvalue weighted by Gasteiger charge is 2.27. The van der Waals surface area contributed by atoms with Crippen LogP contribution in [0.4, 0.5) is 10.7 Å². The molecule has 1 heterocycles. The molecule has 1 saturated carbocycles. The zero-order valence-electron chi connectivity index (χ0n) is 17.9. The van der Waals surface area contributed by atoms with Crippen LogP contribution in [0.5, 0.6) is 0 Å². The van der Waals surface area contributed by atoms with Crippen molar-refractivity contribution in [3.63, 3.8) is 0 Å². The SMILES string of the molecule is O=C(COC(=O)C1CCCCC1)Nc1sc2c(c1C(=O)Nc1ccc(Cl)cc1)CCCC2. The molecule has 0 saturated heterocycles. The van der Waals surface area contributed by atoms with E-state index in [4.69, 9.17) is 16.3 Å². The van der Waals surface area contributed by atoms with Crippen LogP contribution in [0.25, 0.3) is 0 Å². The predicted molar refractivity (Wildman–Crippen MR) is 127 cm³/mol. The molecule has 0 radical (unpaired) electrons. The molecular formula is C24H27ClN2O4S. The number of carbonyl (C=O) groups excluding carboxylic acids is 3. The van der Waals surface area contributed by atoms with E-state index in [1.165, 1.54) is 11.3 Å². The number of anilines is 2. The molecule has 1 aromatic carbocycles. The first-order valence-electron chi connectivity index (χ1n) is 11.2. The molecule has 6 nitrogen and oxygen atoms in total. The lowest BCUT2D eigenvalue weighted by Gasteiger charge is -2.19. The third kappa shape index (κ3) is 5.51. The van der Waals surface area contributed by atoms with Crippen molar-refractivity contribution in [2.45, 2.75) is 57.8 Å². The van der Waals surface area contributed by atoms with Crippen molar-refractivity contribution in [1.82, 2.24) is 0 Å². The van der Waals surface area contributed by atoms with Gasteiger partial charge in [-0.3, -0.25) is 14.4 Å². The minimum atomic E-state index is -0.423. The van der Waals surface area contributed by atoms with Crippen LogP contribution >= 0.6 is 22.9 Å². The number of esters is 1.